The Balaban J connectivity index is 1.53. The monoisotopic (exact) mass is 299 g/mol. The van der Waals surface area contributed by atoms with E-state index < -0.39 is 0 Å². The number of furan rings is 1. The molecule has 1 atom stereocenters. The maximum absolute atomic E-state index is 12.1. The summed E-state index contributed by atoms with van der Waals surface area (Å²) in [6.45, 7) is 1.22. The number of pyridine rings is 1. The fourth-order valence-corrected chi connectivity index (χ4v) is 2.52. The van der Waals surface area contributed by atoms with Crippen molar-refractivity contribution in [3.05, 3.63) is 54.2 Å². The van der Waals surface area contributed by atoms with Gasteiger partial charge in [-0.1, -0.05) is 6.07 Å². The van der Waals surface area contributed by atoms with Crippen molar-refractivity contribution in [2.45, 2.75) is 19.5 Å². The zero-order valence-electron chi connectivity index (χ0n) is 12.1. The highest BCUT2D eigenvalue weighted by molar-refractivity contribution is 5.89. The molecule has 22 heavy (non-hydrogen) atoms. The summed E-state index contributed by atoms with van der Waals surface area (Å²) in [5, 5.41) is 2.80. The first-order chi connectivity index (χ1) is 10.7. The largest absolute Gasteiger partial charge is 0.467 e. The molecule has 1 fully saturated rings. The number of aromatic nitrogens is 1. The van der Waals surface area contributed by atoms with Crippen LogP contribution in [0, 0.1) is 5.92 Å². The second kappa shape index (κ2) is 6.43. The van der Waals surface area contributed by atoms with Gasteiger partial charge in [0.1, 0.15) is 5.76 Å². The summed E-state index contributed by atoms with van der Waals surface area (Å²) >= 11 is 0. The van der Waals surface area contributed by atoms with Crippen LogP contribution in [0.4, 0.5) is 0 Å². The molecule has 0 saturated carbocycles. The second-order valence-electron chi connectivity index (χ2n) is 5.29. The van der Waals surface area contributed by atoms with E-state index in [1.165, 1.54) is 0 Å². The van der Waals surface area contributed by atoms with E-state index in [0.717, 1.165) is 5.69 Å². The molecule has 2 amide bonds. The highest BCUT2D eigenvalue weighted by Gasteiger charge is 2.34. The van der Waals surface area contributed by atoms with E-state index in [1.54, 1.807) is 29.5 Å². The first-order valence-corrected chi connectivity index (χ1v) is 7.20. The first-order valence-electron chi connectivity index (χ1n) is 7.20. The quantitative estimate of drug-likeness (QED) is 0.904. The third kappa shape index (κ3) is 3.33. The molecular formula is C16H17N3O3. The Morgan fingerprint density at radius 2 is 2.27 bits per heavy atom. The standard InChI is InChI=1S/C16H17N3O3/c20-15-8-12(16(21)18-9-14-5-3-7-22-14)10-19(15)11-13-4-1-2-6-17-13/h1-7,12H,8-11H2,(H,18,21)/t12-/m1/s1. The summed E-state index contributed by atoms with van der Waals surface area (Å²) in [7, 11) is 0. The predicted molar refractivity (Wildman–Crippen MR) is 78.3 cm³/mol. The lowest BCUT2D eigenvalue weighted by Crippen LogP contribution is -2.32. The molecule has 3 rings (SSSR count). The second-order valence-corrected chi connectivity index (χ2v) is 5.29. The van der Waals surface area contributed by atoms with Gasteiger partial charge in [-0.3, -0.25) is 14.6 Å². The van der Waals surface area contributed by atoms with Crippen LogP contribution in [-0.4, -0.2) is 28.2 Å². The van der Waals surface area contributed by atoms with Crippen LogP contribution in [0.5, 0.6) is 0 Å². The lowest BCUT2D eigenvalue weighted by atomic mass is 10.1. The summed E-state index contributed by atoms with van der Waals surface area (Å²) in [6.07, 6.45) is 3.51. The third-order valence-electron chi connectivity index (χ3n) is 3.68. The molecule has 0 unspecified atom stereocenters. The average Bonchev–Trinajstić information content (AvgIpc) is 3.16. The van der Waals surface area contributed by atoms with Crippen molar-refractivity contribution >= 4 is 11.8 Å². The fraction of sp³-hybridized carbons (Fsp3) is 0.312. The minimum Gasteiger partial charge on any atom is -0.467 e. The molecule has 6 heteroatoms. The fourth-order valence-electron chi connectivity index (χ4n) is 2.52. The maximum atomic E-state index is 12.1. The van der Waals surface area contributed by atoms with Crippen LogP contribution in [0.25, 0.3) is 0 Å². The van der Waals surface area contributed by atoms with Gasteiger partial charge in [0.25, 0.3) is 0 Å². The minimum absolute atomic E-state index is 0.0104. The summed E-state index contributed by atoms with van der Waals surface area (Å²) < 4.78 is 5.17. The molecule has 2 aromatic rings. The van der Waals surface area contributed by atoms with Gasteiger partial charge in [-0.05, 0) is 24.3 Å². The summed E-state index contributed by atoms with van der Waals surface area (Å²) in [4.78, 5) is 30.1. The maximum Gasteiger partial charge on any atom is 0.225 e. The molecule has 1 N–H and O–H groups in total. The normalized spacial score (nSPS) is 17.7. The first kappa shape index (κ1) is 14.3. The van der Waals surface area contributed by atoms with Crippen LogP contribution in [0.3, 0.4) is 0 Å². The molecule has 1 aliphatic rings. The molecule has 3 heterocycles. The van der Waals surface area contributed by atoms with Crippen LogP contribution >= 0.6 is 0 Å². The molecule has 0 spiro atoms. The smallest absolute Gasteiger partial charge is 0.225 e. The van der Waals surface area contributed by atoms with Gasteiger partial charge in [0, 0.05) is 19.2 Å². The van der Waals surface area contributed by atoms with Gasteiger partial charge in [-0.25, -0.2) is 0 Å². The van der Waals surface area contributed by atoms with Crippen LogP contribution in [0.15, 0.2) is 47.2 Å². The van der Waals surface area contributed by atoms with Gasteiger partial charge in [-0.2, -0.15) is 0 Å². The van der Waals surface area contributed by atoms with Crippen molar-refractivity contribution in [2.24, 2.45) is 5.92 Å². The Hall–Kier alpha value is -2.63. The number of carbonyl (C=O) groups is 2. The van der Waals surface area contributed by atoms with E-state index in [4.69, 9.17) is 4.42 Å². The Kier molecular flexibility index (Phi) is 4.18. The SMILES string of the molecule is O=C(NCc1ccco1)[C@@H]1CC(=O)N(Cc2ccccn2)C1. The van der Waals surface area contributed by atoms with Gasteiger partial charge in [-0.15, -0.1) is 0 Å². The topological polar surface area (TPSA) is 75.4 Å². The predicted octanol–water partition coefficient (Wildman–Crippen LogP) is 1.34. The van der Waals surface area contributed by atoms with Gasteiger partial charge < -0.3 is 14.6 Å². The molecule has 1 saturated heterocycles. The molecule has 0 radical (unpaired) electrons. The van der Waals surface area contributed by atoms with Crippen molar-refractivity contribution in [1.29, 1.82) is 0 Å². The molecule has 2 aromatic heterocycles. The average molecular weight is 299 g/mol. The summed E-state index contributed by atoms with van der Waals surface area (Å²) in [5.74, 6) is 0.256. The van der Waals surface area contributed by atoms with Gasteiger partial charge in [0.15, 0.2) is 0 Å². The van der Waals surface area contributed by atoms with E-state index >= 15 is 0 Å². The third-order valence-corrected chi connectivity index (χ3v) is 3.68. The van der Waals surface area contributed by atoms with Crippen molar-refractivity contribution in [2.75, 3.05) is 6.54 Å². The molecule has 0 aliphatic carbocycles. The van der Waals surface area contributed by atoms with E-state index in [1.807, 2.05) is 18.2 Å². The number of rotatable bonds is 5. The lowest BCUT2D eigenvalue weighted by molar-refractivity contribution is -0.129. The zero-order valence-corrected chi connectivity index (χ0v) is 12.1. The van der Waals surface area contributed by atoms with Gasteiger partial charge >= 0.3 is 0 Å². The zero-order chi connectivity index (χ0) is 15.4. The number of carbonyl (C=O) groups excluding carboxylic acids is 2. The minimum atomic E-state index is -0.314. The summed E-state index contributed by atoms with van der Waals surface area (Å²) in [6, 6.07) is 9.16. The Labute approximate surface area is 128 Å². The molecule has 6 nitrogen and oxygen atoms in total. The van der Waals surface area contributed by atoms with Crippen molar-refractivity contribution in [3.8, 4) is 0 Å². The molecule has 1 aliphatic heterocycles. The molecule has 0 bridgehead atoms. The lowest BCUT2D eigenvalue weighted by Gasteiger charge is -2.15. The van der Waals surface area contributed by atoms with Crippen molar-refractivity contribution < 1.29 is 14.0 Å². The van der Waals surface area contributed by atoms with Crippen LogP contribution in [-0.2, 0) is 22.7 Å². The van der Waals surface area contributed by atoms with E-state index in [9.17, 15) is 9.59 Å². The van der Waals surface area contributed by atoms with Crippen LogP contribution < -0.4 is 5.32 Å². The highest BCUT2D eigenvalue weighted by atomic mass is 16.3. The Morgan fingerprint density at radius 3 is 3.00 bits per heavy atom. The number of hydrogen-bond donors (Lipinski definition) is 1. The van der Waals surface area contributed by atoms with Crippen molar-refractivity contribution in [3.63, 3.8) is 0 Å². The van der Waals surface area contributed by atoms with Gasteiger partial charge in [0.05, 0.1) is 31.0 Å². The Morgan fingerprint density at radius 1 is 1.36 bits per heavy atom. The molecular weight excluding hydrogens is 282 g/mol. The molecule has 0 aromatic carbocycles. The number of nitrogens with zero attached hydrogens (tertiary/aromatic N) is 2. The van der Waals surface area contributed by atoms with Gasteiger partial charge in [0.2, 0.25) is 11.8 Å². The van der Waals surface area contributed by atoms with E-state index in [0.29, 0.717) is 25.4 Å². The number of hydrogen-bond acceptors (Lipinski definition) is 4. The Bertz CT molecular complexity index is 640. The number of amides is 2. The van der Waals surface area contributed by atoms with E-state index in [-0.39, 0.29) is 24.2 Å². The van der Waals surface area contributed by atoms with Crippen LogP contribution in [0.2, 0.25) is 0 Å². The van der Waals surface area contributed by atoms with Crippen LogP contribution in [0.1, 0.15) is 17.9 Å². The highest BCUT2D eigenvalue weighted by Crippen LogP contribution is 2.20. The number of nitrogens with one attached hydrogen (secondary N) is 1. The molecule has 114 valence electrons. The summed E-state index contributed by atoms with van der Waals surface area (Å²) in [5.41, 5.74) is 0.826. The number of likely N-dealkylation sites (tertiary alicyclic amines) is 1. The van der Waals surface area contributed by atoms with E-state index in [2.05, 4.69) is 10.3 Å². The van der Waals surface area contributed by atoms with Crippen molar-refractivity contribution in [1.82, 2.24) is 15.2 Å².